The van der Waals surface area contributed by atoms with Gasteiger partial charge in [-0.1, -0.05) is 0 Å². The van der Waals surface area contributed by atoms with Crippen LogP contribution in [0.1, 0.15) is 37.4 Å². The Kier molecular flexibility index (Phi) is 8.33. The Morgan fingerprint density at radius 3 is 2.70 bits per heavy atom. The number of nitrogens with zero attached hydrogens (tertiary/aromatic N) is 3. The molecule has 0 atom stereocenters. The van der Waals surface area contributed by atoms with Gasteiger partial charge in [-0.05, 0) is 64.8 Å². The van der Waals surface area contributed by atoms with E-state index in [2.05, 4.69) is 32.5 Å². The van der Waals surface area contributed by atoms with Crippen LogP contribution in [0.5, 0.6) is 11.5 Å². The Morgan fingerprint density at radius 1 is 1.27 bits per heavy atom. The minimum atomic E-state index is 0.407. The first-order valence-electron chi connectivity index (χ1n) is 10.7. The summed E-state index contributed by atoms with van der Waals surface area (Å²) in [4.78, 5) is 11.6. The maximum absolute atomic E-state index is 6.17. The molecule has 3 rings (SSSR count). The van der Waals surface area contributed by atoms with Gasteiger partial charge in [-0.2, -0.15) is 0 Å². The van der Waals surface area contributed by atoms with Crippen molar-refractivity contribution >= 4 is 23.0 Å². The van der Waals surface area contributed by atoms with E-state index in [0.717, 1.165) is 61.2 Å². The van der Waals surface area contributed by atoms with Crippen LogP contribution in [0.4, 0.5) is 5.69 Å². The fourth-order valence-corrected chi connectivity index (χ4v) is 4.19. The number of guanidine groups is 1. The molecular weight excluding hydrogens is 398 g/mol. The zero-order valence-corrected chi connectivity index (χ0v) is 19.0. The lowest BCUT2D eigenvalue weighted by Crippen LogP contribution is -2.34. The second-order valence-corrected chi connectivity index (χ2v) is 8.51. The Bertz CT molecular complexity index is 831. The number of nitrogens with one attached hydrogen (secondary N) is 1. The van der Waals surface area contributed by atoms with E-state index in [0.29, 0.717) is 25.1 Å². The van der Waals surface area contributed by atoms with Crippen LogP contribution in [-0.2, 0) is 6.54 Å². The van der Waals surface area contributed by atoms with Crippen molar-refractivity contribution in [2.75, 3.05) is 38.2 Å². The topological polar surface area (TPSA) is 85.0 Å². The average Bonchev–Trinajstić information content (AvgIpc) is 3.14. The molecule has 7 nitrogen and oxygen atoms in total. The molecule has 164 valence electrons. The van der Waals surface area contributed by atoms with Gasteiger partial charge in [-0.15, -0.1) is 11.3 Å². The number of aryl methyl sites for hydroxylation is 1. The summed E-state index contributed by atoms with van der Waals surface area (Å²) in [7, 11) is 0. The van der Waals surface area contributed by atoms with E-state index >= 15 is 0 Å². The second-order valence-electron chi connectivity index (χ2n) is 7.45. The van der Waals surface area contributed by atoms with E-state index in [1.807, 2.05) is 32.0 Å². The number of ether oxygens (including phenoxy) is 2. The molecule has 0 aliphatic carbocycles. The van der Waals surface area contributed by atoms with Crippen LogP contribution in [0.15, 0.2) is 28.6 Å². The fourth-order valence-electron chi connectivity index (χ4n) is 3.59. The maximum Gasteiger partial charge on any atom is 0.193 e. The number of thiazole rings is 1. The molecule has 30 heavy (non-hydrogen) atoms. The SMILES string of the molecule is CCOc1ccc(OCC)c(NC(N)=NCC2CCN(Cc3csc(C)n3)CC2)c1. The molecule has 2 aromatic rings. The van der Waals surface area contributed by atoms with Gasteiger partial charge in [-0.25, -0.2) is 4.98 Å². The molecule has 3 N–H and O–H groups in total. The molecule has 8 heteroatoms. The number of nitrogens with two attached hydrogens (primary N) is 1. The molecule has 1 aliphatic heterocycles. The highest BCUT2D eigenvalue weighted by atomic mass is 32.1. The summed E-state index contributed by atoms with van der Waals surface area (Å²) in [5.74, 6) is 2.48. The molecular formula is C22H33N5O2S. The van der Waals surface area contributed by atoms with Crippen molar-refractivity contribution in [3.63, 3.8) is 0 Å². The van der Waals surface area contributed by atoms with Crippen LogP contribution in [0.25, 0.3) is 0 Å². The highest BCUT2D eigenvalue weighted by molar-refractivity contribution is 7.09. The fraction of sp³-hybridized carbons (Fsp3) is 0.545. The van der Waals surface area contributed by atoms with E-state index in [4.69, 9.17) is 15.2 Å². The summed E-state index contributed by atoms with van der Waals surface area (Å²) >= 11 is 1.72. The molecule has 0 spiro atoms. The molecule has 0 unspecified atom stereocenters. The summed E-state index contributed by atoms with van der Waals surface area (Å²) in [6.45, 7) is 11.0. The molecule has 0 bridgehead atoms. The molecule has 1 saturated heterocycles. The smallest absolute Gasteiger partial charge is 0.193 e. The normalized spacial score (nSPS) is 15.9. The van der Waals surface area contributed by atoms with E-state index in [-0.39, 0.29) is 0 Å². The van der Waals surface area contributed by atoms with E-state index in [9.17, 15) is 0 Å². The number of anilines is 1. The lowest BCUT2D eigenvalue weighted by molar-refractivity contribution is 0.179. The van der Waals surface area contributed by atoms with Crippen molar-refractivity contribution in [2.45, 2.75) is 40.2 Å². The summed E-state index contributed by atoms with van der Waals surface area (Å²) in [6, 6.07) is 5.69. The van der Waals surface area contributed by atoms with Gasteiger partial charge < -0.3 is 20.5 Å². The van der Waals surface area contributed by atoms with Crippen molar-refractivity contribution < 1.29 is 9.47 Å². The zero-order chi connectivity index (χ0) is 21.3. The van der Waals surface area contributed by atoms with E-state index in [1.54, 1.807) is 11.3 Å². The first-order chi connectivity index (χ1) is 14.6. The van der Waals surface area contributed by atoms with Crippen molar-refractivity contribution in [3.05, 3.63) is 34.3 Å². The molecule has 1 aliphatic rings. The monoisotopic (exact) mass is 431 g/mol. The van der Waals surface area contributed by atoms with Gasteiger partial charge in [0.05, 0.1) is 29.6 Å². The van der Waals surface area contributed by atoms with E-state index in [1.165, 1.54) is 5.69 Å². The second kappa shape index (κ2) is 11.2. The Labute approximate surface area is 183 Å². The Morgan fingerprint density at radius 2 is 2.03 bits per heavy atom. The quantitative estimate of drug-likeness (QED) is 0.463. The van der Waals surface area contributed by atoms with Crippen molar-refractivity contribution in [2.24, 2.45) is 16.6 Å². The number of hydrogen-bond donors (Lipinski definition) is 2. The summed E-state index contributed by atoms with van der Waals surface area (Å²) in [5.41, 5.74) is 8.13. The summed E-state index contributed by atoms with van der Waals surface area (Å²) < 4.78 is 11.3. The Hall–Kier alpha value is -2.32. The van der Waals surface area contributed by atoms with Crippen LogP contribution < -0.4 is 20.5 Å². The number of aliphatic imine (C=N–C) groups is 1. The standard InChI is InChI=1S/C22H33N5O2S/c1-4-28-19-6-7-21(29-5-2)20(12-19)26-22(23)24-13-17-8-10-27(11-9-17)14-18-15-30-16(3)25-18/h6-7,12,15,17H,4-5,8-11,13-14H2,1-3H3,(H3,23,24,26). The molecule has 1 aromatic carbocycles. The summed E-state index contributed by atoms with van der Waals surface area (Å²) in [6.07, 6.45) is 2.26. The number of benzene rings is 1. The number of rotatable bonds is 9. The van der Waals surface area contributed by atoms with Crippen LogP contribution in [0.3, 0.4) is 0 Å². The van der Waals surface area contributed by atoms with Gasteiger partial charge in [0.25, 0.3) is 0 Å². The average molecular weight is 432 g/mol. The lowest BCUT2D eigenvalue weighted by Gasteiger charge is -2.30. The molecule has 1 fully saturated rings. The highest BCUT2D eigenvalue weighted by Crippen LogP contribution is 2.29. The zero-order valence-electron chi connectivity index (χ0n) is 18.2. The molecule has 2 heterocycles. The van der Waals surface area contributed by atoms with Crippen molar-refractivity contribution in [1.29, 1.82) is 0 Å². The third-order valence-electron chi connectivity index (χ3n) is 5.10. The third-order valence-corrected chi connectivity index (χ3v) is 5.93. The molecule has 0 radical (unpaired) electrons. The first kappa shape index (κ1) is 22.4. The number of hydrogen-bond acceptors (Lipinski definition) is 6. The van der Waals surface area contributed by atoms with Crippen LogP contribution in [0.2, 0.25) is 0 Å². The van der Waals surface area contributed by atoms with Gasteiger partial charge >= 0.3 is 0 Å². The van der Waals surface area contributed by atoms with E-state index < -0.39 is 0 Å². The third kappa shape index (κ3) is 6.60. The predicted molar refractivity (Wildman–Crippen MR) is 124 cm³/mol. The van der Waals surface area contributed by atoms with Crippen molar-refractivity contribution in [3.8, 4) is 11.5 Å². The van der Waals surface area contributed by atoms with Crippen LogP contribution in [0, 0.1) is 12.8 Å². The first-order valence-corrected chi connectivity index (χ1v) is 11.5. The van der Waals surface area contributed by atoms with Crippen LogP contribution >= 0.6 is 11.3 Å². The number of piperidine rings is 1. The van der Waals surface area contributed by atoms with Gasteiger partial charge in [0.15, 0.2) is 5.96 Å². The van der Waals surface area contributed by atoms with Crippen molar-refractivity contribution in [1.82, 2.24) is 9.88 Å². The van der Waals surface area contributed by atoms with Gasteiger partial charge in [-0.3, -0.25) is 9.89 Å². The molecule has 0 saturated carbocycles. The maximum atomic E-state index is 6.17. The number of likely N-dealkylation sites (tertiary alicyclic amines) is 1. The molecule has 1 aromatic heterocycles. The van der Waals surface area contributed by atoms with Gasteiger partial charge in [0.1, 0.15) is 11.5 Å². The van der Waals surface area contributed by atoms with Crippen LogP contribution in [-0.4, -0.2) is 48.7 Å². The largest absolute Gasteiger partial charge is 0.494 e. The Balaban J connectivity index is 1.50. The predicted octanol–water partition coefficient (Wildman–Crippen LogP) is 3.89. The lowest BCUT2D eigenvalue weighted by atomic mass is 9.97. The minimum Gasteiger partial charge on any atom is -0.494 e. The molecule has 0 amide bonds. The van der Waals surface area contributed by atoms with Gasteiger partial charge in [0, 0.05) is 24.5 Å². The van der Waals surface area contributed by atoms with Gasteiger partial charge in [0.2, 0.25) is 0 Å². The number of aromatic nitrogens is 1. The summed E-state index contributed by atoms with van der Waals surface area (Å²) in [5, 5.41) is 6.48. The minimum absolute atomic E-state index is 0.407. The highest BCUT2D eigenvalue weighted by Gasteiger charge is 2.19.